The van der Waals surface area contributed by atoms with Crippen molar-refractivity contribution in [2.24, 2.45) is 7.05 Å². The first-order valence-corrected chi connectivity index (χ1v) is 8.61. The van der Waals surface area contributed by atoms with Gasteiger partial charge in [0.1, 0.15) is 0 Å². The third-order valence-corrected chi connectivity index (χ3v) is 5.52. The van der Waals surface area contributed by atoms with Gasteiger partial charge in [-0.3, -0.25) is 4.98 Å². The topological polar surface area (TPSA) is 17.8 Å². The first-order chi connectivity index (χ1) is 11.1. The largest absolute Gasteiger partial charge is 0.347 e. The average Bonchev–Trinajstić information content (AvgIpc) is 2.86. The predicted molar refractivity (Wildman–Crippen MR) is 97.0 cm³/mol. The average molecular weight is 304 g/mol. The first-order valence-electron chi connectivity index (χ1n) is 8.61. The molecule has 0 radical (unpaired) electrons. The number of benzene rings is 1. The lowest BCUT2D eigenvalue weighted by atomic mass is 9.90. The molecule has 118 valence electrons. The van der Waals surface area contributed by atoms with Crippen LogP contribution in [-0.4, -0.2) is 9.55 Å². The fraction of sp³-hybridized carbons (Fsp3) is 0.381. The Labute approximate surface area is 138 Å². The highest BCUT2D eigenvalue weighted by Crippen LogP contribution is 2.40. The molecule has 0 unspecified atom stereocenters. The molecule has 0 amide bonds. The zero-order valence-corrected chi connectivity index (χ0v) is 14.5. The SMILES string of the molecule is Cc1ccc(-c2cc(C)c(C)c3c2c2c(n3C)CCCC2)cn1. The molecule has 3 aromatic rings. The van der Waals surface area contributed by atoms with Gasteiger partial charge < -0.3 is 4.57 Å². The molecule has 2 heteroatoms. The molecule has 1 aromatic carbocycles. The summed E-state index contributed by atoms with van der Waals surface area (Å²) in [5.74, 6) is 0. The van der Waals surface area contributed by atoms with E-state index in [9.17, 15) is 0 Å². The van der Waals surface area contributed by atoms with Crippen molar-refractivity contribution in [2.45, 2.75) is 46.5 Å². The number of fused-ring (bicyclic) bond motifs is 3. The van der Waals surface area contributed by atoms with Crippen LogP contribution in [0.15, 0.2) is 24.4 Å². The van der Waals surface area contributed by atoms with Gasteiger partial charge in [-0.05, 0) is 74.8 Å². The second kappa shape index (κ2) is 5.23. The Balaban J connectivity index is 2.12. The minimum Gasteiger partial charge on any atom is -0.347 e. The molecule has 4 rings (SSSR count). The van der Waals surface area contributed by atoms with Gasteiger partial charge in [-0.1, -0.05) is 12.1 Å². The van der Waals surface area contributed by atoms with Gasteiger partial charge in [0.05, 0.1) is 5.52 Å². The van der Waals surface area contributed by atoms with Crippen LogP contribution in [0.4, 0.5) is 0 Å². The summed E-state index contributed by atoms with van der Waals surface area (Å²) >= 11 is 0. The molecule has 2 aromatic heterocycles. The number of aromatic nitrogens is 2. The molecule has 0 fully saturated rings. The molecule has 1 aliphatic rings. The van der Waals surface area contributed by atoms with Crippen molar-refractivity contribution in [1.29, 1.82) is 0 Å². The minimum absolute atomic E-state index is 1.07. The van der Waals surface area contributed by atoms with Crippen LogP contribution in [0.3, 0.4) is 0 Å². The summed E-state index contributed by atoms with van der Waals surface area (Å²) in [6.45, 7) is 6.54. The van der Waals surface area contributed by atoms with Crippen LogP contribution < -0.4 is 0 Å². The Bertz CT molecular complexity index is 898. The number of pyridine rings is 1. The van der Waals surface area contributed by atoms with E-state index in [1.165, 1.54) is 58.8 Å². The third-order valence-electron chi connectivity index (χ3n) is 5.52. The van der Waals surface area contributed by atoms with E-state index in [1.54, 1.807) is 11.3 Å². The van der Waals surface area contributed by atoms with Gasteiger partial charge >= 0.3 is 0 Å². The molecule has 0 N–H and O–H groups in total. The summed E-state index contributed by atoms with van der Waals surface area (Å²) in [6, 6.07) is 6.69. The minimum atomic E-state index is 1.07. The predicted octanol–water partition coefficient (Wildman–Crippen LogP) is 5.04. The van der Waals surface area contributed by atoms with Crippen LogP contribution in [0.25, 0.3) is 22.0 Å². The van der Waals surface area contributed by atoms with E-state index in [4.69, 9.17) is 0 Å². The highest BCUT2D eigenvalue weighted by Gasteiger charge is 2.23. The Hall–Kier alpha value is -2.09. The molecule has 0 atom stereocenters. The molecule has 23 heavy (non-hydrogen) atoms. The fourth-order valence-corrected chi connectivity index (χ4v) is 4.14. The zero-order chi connectivity index (χ0) is 16.1. The summed E-state index contributed by atoms with van der Waals surface area (Å²) in [5.41, 5.74) is 11.0. The summed E-state index contributed by atoms with van der Waals surface area (Å²) in [5, 5.41) is 1.47. The number of nitrogens with zero attached hydrogens (tertiary/aromatic N) is 2. The van der Waals surface area contributed by atoms with Crippen LogP contribution in [0.2, 0.25) is 0 Å². The lowest BCUT2D eigenvalue weighted by molar-refractivity contribution is 0.653. The monoisotopic (exact) mass is 304 g/mol. The van der Waals surface area contributed by atoms with Gasteiger partial charge in [0.25, 0.3) is 0 Å². The van der Waals surface area contributed by atoms with Gasteiger partial charge in [-0.25, -0.2) is 0 Å². The van der Waals surface area contributed by atoms with Crippen molar-refractivity contribution in [3.63, 3.8) is 0 Å². The Morgan fingerprint density at radius 3 is 2.57 bits per heavy atom. The molecule has 2 heterocycles. The van der Waals surface area contributed by atoms with Crippen molar-refractivity contribution in [1.82, 2.24) is 9.55 Å². The zero-order valence-electron chi connectivity index (χ0n) is 14.5. The maximum Gasteiger partial charge on any atom is 0.0521 e. The second-order valence-electron chi connectivity index (χ2n) is 6.97. The van der Waals surface area contributed by atoms with Gasteiger partial charge in [0, 0.05) is 35.6 Å². The molecule has 2 nitrogen and oxygen atoms in total. The number of rotatable bonds is 1. The normalized spacial score (nSPS) is 14.3. The standard InChI is InChI=1S/C21H24N2/c1-13-11-18(16-10-9-14(2)22-12-16)20-17-7-5-6-8-19(17)23(4)21(20)15(13)3/h9-12H,5-8H2,1-4H3. The molecule has 0 saturated heterocycles. The van der Waals surface area contributed by atoms with Crippen LogP contribution in [-0.2, 0) is 19.9 Å². The van der Waals surface area contributed by atoms with Crippen molar-refractivity contribution >= 4 is 10.9 Å². The van der Waals surface area contributed by atoms with Crippen molar-refractivity contribution < 1.29 is 0 Å². The molecule has 0 saturated carbocycles. The molecular formula is C21H24N2. The van der Waals surface area contributed by atoms with Gasteiger partial charge in [-0.15, -0.1) is 0 Å². The fourth-order valence-electron chi connectivity index (χ4n) is 4.14. The number of hydrogen-bond acceptors (Lipinski definition) is 1. The molecule has 0 aliphatic heterocycles. The lowest BCUT2D eigenvalue weighted by Gasteiger charge is -2.14. The summed E-state index contributed by atoms with van der Waals surface area (Å²) in [7, 11) is 2.25. The third kappa shape index (κ3) is 2.12. The Morgan fingerprint density at radius 2 is 1.83 bits per heavy atom. The van der Waals surface area contributed by atoms with E-state index < -0.39 is 0 Å². The van der Waals surface area contributed by atoms with Gasteiger partial charge in [-0.2, -0.15) is 0 Å². The molecule has 0 spiro atoms. The molecule has 0 bridgehead atoms. The Morgan fingerprint density at radius 1 is 1.04 bits per heavy atom. The number of hydrogen-bond donors (Lipinski definition) is 0. The van der Waals surface area contributed by atoms with E-state index in [-0.39, 0.29) is 0 Å². The summed E-state index contributed by atoms with van der Waals surface area (Å²) < 4.78 is 2.46. The first kappa shape index (κ1) is 14.5. The van der Waals surface area contributed by atoms with Gasteiger partial charge in [0.2, 0.25) is 0 Å². The van der Waals surface area contributed by atoms with Crippen LogP contribution in [0.5, 0.6) is 0 Å². The second-order valence-corrected chi connectivity index (χ2v) is 6.97. The molecule has 1 aliphatic carbocycles. The maximum absolute atomic E-state index is 4.53. The number of aryl methyl sites for hydroxylation is 5. The van der Waals surface area contributed by atoms with E-state index in [0.717, 1.165) is 5.69 Å². The van der Waals surface area contributed by atoms with Gasteiger partial charge in [0.15, 0.2) is 0 Å². The highest BCUT2D eigenvalue weighted by atomic mass is 15.0. The van der Waals surface area contributed by atoms with Crippen LogP contribution in [0.1, 0.15) is 40.9 Å². The van der Waals surface area contributed by atoms with E-state index in [1.807, 2.05) is 13.1 Å². The van der Waals surface area contributed by atoms with E-state index >= 15 is 0 Å². The van der Waals surface area contributed by atoms with Crippen molar-refractivity contribution in [3.05, 3.63) is 52.5 Å². The van der Waals surface area contributed by atoms with Crippen LogP contribution in [0, 0.1) is 20.8 Å². The summed E-state index contributed by atoms with van der Waals surface area (Å²) in [4.78, 5) is 4.53. The van der Waals surface area contributed by atoms with Crippen LogP contribution >= 0.6 is 0 Å². The molecular weight excluding hydrogens is 280 g/mol. The quantitative estimate of drug-likeness (QED) is 0.615. The maximum atomic E-state index is 4.53. The van der Waals surface area contributed by atoms with E-state index in [0.29, 0.717) is 0 Å². The lowest BCUT2D eigenvalue weighted by Crippen LogP contribution is -2.05. The van der Waals surface area contributed by atoms with Crippen molar-refractivity contribution in [2.75, 3.05) is 0 Å². The Kier molecular flexibility index (Phi) is 3.29. The van der Waals surface area contributed by atoms with Crippen molar-refractivity contribution in [3.8, 4) is 11.1 Å². The highest BCUT2D eigenvalue weighted by molar-refractivity contribution is 6.01. The van der Waals surface area contributed by atoms with E-state index in [2.05, 4.69) is 48.6 Å². The summed E-state index contributed by atoms with van der Waals surface area (Å²) in [6.07, 6.45) is 7.08. The smallest absolute Gasteiger partial charge is 0.0521 e.